The Hall–Kier alpha value is -4.81. The Morgan fingerprint density at radius 2 is 1.82 bits per heavy atom. The molecule has 1 unspecified atom stereocenters. The molecule has 0 aliphatic carbocycles. The van der Waals surface area contributed by atoms with Gasteiger partial charge in [-0.1, -0.05) is 43.8 Å². The molecule has 12 heteroatoms. The number of hydrogen-bond donors (Lipinski definition) is 1. The first-order valence-electron chi connectivity index (χ1n) is 19.9. The molecule has 0 aromatic heterocycles. The number of piperidine rings is 1. The van der Waals surface area contributed by atoms with Gasteiger partial charge in [-0.15, -0.1) is 0 Å². The zero-order valence-electron chi connectivity index (χ0n) is 32.0. The van der Waals surface area contributed by atoms with Crippen molar-refractivity contribution in [2.45, 2.75) is 102 Å². The second kappa shape index (κ2) is 17.3. The lowest BCUT2D eigenvalue weighted by atomic mass is 9.93. The highest BCUT2D eigenvalue weighted by molar-refractivity contribution is 6.06. The van der Waals surface area contributed by atoms with Crippen LogP contribution in [0, 0.1) is 0 Å². The number of aromatic hydroxyl groups is 1. The molecule has 1 N–H and O–H groups in total. The Balaban J connectivity index is 1.05. The van der Waals surface area contributed by atoms with Crippen LogP contribution in [0.4, 0.5) is 16.2 Å². The molecule has 3 aromatic carbocycles. The Morgan fingerprint density at radius 1 is 1.00 bits per heavy atom. The van der Waals surface area contributed by atoms with Crippen molar-refractivity contribution in [3.8, 4) is 17.2 Å². The maximum Gasteiger partial charge on any atom is 0.416 e. The number of anilines is 2. The van der Waals surface area contributed by atoms with Crippen molar-refractivity contribution in [2.24, 2.45) is 0 Å². The second-order valence-corrected chi connectivity index (χ2v) is 14.8. The van der Waals surface area contributed by atoms with E-state index >= 15 is 0 Å². The van der Waals surface area contributed by atoms with Crippen molar-refractivity contribution in [1.29, 1.82) is 0 Å². The van der Waals surface area contributed by atoms with E-state index in [4.69, 9.17) is 23.7 Å². The zero-order chi connectivity index (χ0) is 38.5. The number of phenols is 1. The molecule has 4 atom stereocenters. The number of carbonyl (C=O) groups is 3. The Morgan fingerprint density at radius 3 is 2.58 bits per heavy atom. The molecule has 0 spiro atoms. The number of unbranched alkanes of at least 4 members (excludes halogenated alkanes) is 2. The van der Waals surface area contributed by atoms with E-state index in [1.807, 2.05) is 34.1 Å². The van der Waals surface area contributed by atoms with E-state index in [-0.39, 0.29) is 30.1 Å². The fraction of sp³-hybridized carbons (Fsp3) is 0.512. The number of phenolic OH excluding ortho intramolecular Hbond substituents is 1. The molecule has 2 saturated heterocycles. The van der Waals surface area contributed by atoms with Crippen molar-refractivity contribution >= 4 is 40.1 Å². The minimum atomic E-state index is -0.845. The average molecular weight is 756 g/mol. The third-order valence-electron chi connectivity index (χ3n) is 11.3. The SMILES string of the molecule is C=CCOC(=O)N1c2cc(OCCCCCC(=O)N3C[C@@H](CC)c4c3cc(O)c3ccccc43)c(OC)cc2C(=O)N2CCCC[C@H]2[C@@H]1OC1CCCCO1. The predicted molar refractivity (Wildman–Crippen MR) is 209 cm³/mol. The van der Waals surface area contributed by atoms with E-state index in [9.17, 15) is 19.5 Å². The lowest BCUT2D eigenvalue weighted by molar-refractivity contribution is -0.198. The van der Waals surface area contributed by atoms with Crippen LogP contribution in [-0.2, 0) is 19.0 Å². The Labute approximate surface area is 322 Å². The normalized spacial score (nSPS) is 22.1. The quantitative estimate of drug-likeness (QED) is 0.136. The van der Waals surface area contributed by atoms with E-state index in [1.54, 1.807) is 18.2 Å². The maximum absolute atomic E-state index is 14.2. The topological polar surface area (TPSA) is 127 Å². The minimum absolute atomic E-state index is 0.00943. The highest BCUT2D eigenvalue weighted by atomic mass is 16.7. The summed E-state index contributed by atoms with van der Waals surface area (Å²) in [6.07, 6.45) is 7.81. The highest BCUT2D eigenvalue weighted by Crippen LogP contribution is 2.46. The second-order valence-electron chi connectivity index (χ2n) is 14.8. The van der Waals surface area contributed by atoms with Gasteiger partial charge in [-0.3, -0.25) is 9.59 Å². The van der Waals surface area contributed by atoms with Crippen LogP contribution in [0.2, 0.25) is 0 Å². The summed E-state index contributed by atoms with van der Waals surface area (Å²) in [5.41, 5.74) is 2.57. The zero-order valence-corrected chi connectivity index (χ0v) is 32.0. The van der Waals surface area contributed by atoms with Gasteiger partial charge in [-0.25, -0.2) is 9.69 Å². The van der Waals surface area contributed by atoms with Crippen LogP contribution in [-0.4, -0.2) is 86.5 Å². The first-order valence-corrected chi connectivity index (χ1v) is 19.9. The predicted octanol–water partition coefficient (Wildman–Crippen LogP) is 8.04. The molecule has 4 heterocycles. The van der Waals surface area contributed by atoms with Crippen molar-refractivity contribution in [3.05, 3.63) is 66.2 Å². The number of amides is 3. The summed E-state index contributed by atoms with van der Waals surface area (Å²) in [5, 5.41) is 12.6. The van der Waals surface area contributed by atoms with Crippen molar-refractivity contribution in [1.82, 2.24) is 4.90 Å². The van der Waals surface area contributed by atoms with E-state index in [0.29, 0.717) is 81.2 Å². The third kappa shape index (κ3) is 7.84. The van der Waals surface area contributed by atoms with Gasteiger partial charge in [0.25, 0.3) is 5.91 Å². The average Bonchev–Trinajstić information content (AvgIpc) is 3.55. The molecule has 0 bridgehead atoms. The van der Waals surface area contributed by atoms with Crippen molar-refractivity contribution in [3.63, 3.8) is 0 Å². The van der Waals surface area contributed by atoms with Gasteiger partial charge in [-0.2, -0.15) is 0 Å². The molecule has 55 heavy (non-hydrogen) atoms. The highest BCUT2D eigenvalue weighted by Gasteiger charge is 2.47. The lowest BCUT2D eigenvalue weighted by Crippen LogP contribution is -2.57. The largest absolute Gasteiger partial charge is 0.507 e. The molecule has 294 valence electrons. The molecule has 0 saturated carbocycles. The molecule has 4 aliphatic heterocycles. The number of carbonyl (C=O) groups excluding carboxylic acids is 3. The van der Waals surface area contributed by atoms with Crippen LogP contribution < -0.4 is 19.3 Å². The molecule has 3 amide bonds. The van der Waals surface area contributed by atoms with Crippen molar-refractivity contribution < 1.29 is 43.2 Å². The number of nitrogens with zero attached hydrogens (tertiary/aromatic N) is 3. The number of benzene rings is 3. The van der Waals surface area contributed by atoms with Crippen LogP contribution in [0.15, 0.2) is 55.1 Å². The number of ether oxygens (including phenoxy) is 5. The molecule has 12 nitrogen and oxygen atoms in total. The van der Waals surface area contributed by atoms with E-state index in [0.717, 1.165) is 60.5 Å². The fourth-order valence-corrected chi connectivity index (χ4v) is 8.56. The van der Waals surface area contributed by atoms with E-state index in [2.05, 4.69) is 13.5 Å². The number of rotatable bonds is 13. The van der Waals surface area contributed by atoms with Gasteiger partial charge in [0.15, 0.2) is 24.0 Å². The first-order chi connectivity index (χ1) is 26.8. The summed E-state index contributed by atoms with van der Waals surface area (Å²) in [4.78, 5) is 46.8. The van der Waals surface area contributed by atoms with Crippen molar-refractivity contribution in [2.75, 3.05) is 49.8 Å². The summed E-state index contributed by atoms with van der Waals surface area (Å²) in [6.45, 7) is 7.87. The summed E-state index contributed by atoms with van der Waals surface area (Å²) in [5.74, 6) is 0.991. The molecule has 7 rings (SSSR count). The van der Waals surface area contributed by atoms with Gasteiger partial charge >= 0.3 is 6.09 Å². The summed E-state index contributed by atoms with van der Waals surface area (Å²) >= 11 is 0. The number of methoxy groups -OCH3 is 1. The molecular weight excluding hydrogens is 702 g/mol. The molecule has 0 radical (unpaired) electrons. The van der Waals surface area contributed by atoms with Gasteiger partial charge in [-0.05, 0) is 81.2 Å². The molecule has 2 fully saturated rings. The lowest BCUT2D eigenvalue weighted by Gasteiger charge is -2.42. The number of fused-ring (bicyclic) bond motifs is 5. The van der Waals surface area contributed by atoms with Crippen LogP contribution in [0.25, 0.3) is 10.8 Å². The van der Waals surface area contributed by atoms with Crippen LogP contribution in [0.1, 0.15) is 99.4 Å². The maximum atomic E-state index is 14.2. The smallest absolute Gasteiger partial charge is 0.416 e. The monoisotopic (exact) mass is 755 g/mol. The van der Waals surface area contributed by atoms with Gasteiger partial charge in [0, 0.05) is 49.6 Å². The third-order valence-corrected chi connectivity index (χ3v) is 11.3. The Bertz CT molecular complexity index is 1890. The van der Waals surface area contributed by atoms with Crippen LogP contribution >= 0.6 is 0 Å². The number of hydrogen-bond acceptors (Lipinski definition) is 9. The van der Waals surface area contributed by atoms with Gasteiger partial charge in [0.1, 0.15) is 12.4 Å². The minimum Gasteiger partial charge on any atom is -0.507 e. The van der Waals surface area contributed by atoms with E-state index in [1.165, 1.54) is 18.1 Å². The van der Waals surface area contributed by atoms with E-state index < -0.39 is 24.7 Å². The fourth-order valence-electron chi connectivity index (χ4n) is 8.56. The summed E-state index contributed by atoms with van der Waals surface area (Å²) in [7, 11) is 1.52. The van der Waals surface area contributed by atoms with Crippen LogP contribution in [0.5, 0.6) is 17.2 Å². The van der Waals surface area contributed by atoms with Gasteiger partial charge < -0.3 is 38.6 Å². The van der Waals surface area contributed by atoms with Gasteiger partial charge in [0.05, 0.1) is 36.7 Å². The van der Waals surface area contributed by atoms with Crippen LogP contribution in [0.3, 0.4) is 0 Å². The molecule has 3 aromatic rings. The first kappa shape index (κ1) is 38.5. The summed E-state index contributed by atoms with van der Waals surface area (Å²) < 4.78 is 30.2. The van der Waals surface area contributed by atoms with Gasteiger partial charge in [0.2, 0.25) is 5.91 Å². The standard InChI is InChI=1S/C43H53N3O9/c1-4-21-54-43(50)46-33-26-37(36(51-3)24-31(33)41(49)44-20-12-10-17-32(44)42(46)55-39-19-11-14-23-53-39)52-22-13-6-7-18-38(48)45-27-28(5-2)40-30-16-9-8-15-29(30)35(47)25-34(40)45/h4,8-9,15-16,24-26,28,32,39,42,47H,1,5-7,10-14,17-23,27H2,2-3H3/t28-,32+,39?,42+/m1/s1. The summed E-state index contributed by atoms with van der Waals surface area (Å²) in [6, 6.07) is 12.5. The Kier molecular flexibility index (Phi) is 12.1. The molecular formula is C43H53N3O9. The molecule has 4 aliphatic rings.